The number of ether oxygens (including phenoxy) is 2. The van der Waals surface area contributed by atoms with Crippen LogP contribution < -0.4 is 20.3 Å². The van der Waals surface area contributed by atoms with Crippen LogP contribution in [-0.4, -0.2) is 43.0 Å². The predicted molar refractivity (Wildman–Crippen MR) is 157 cm³/mol. The molecule has 1 fully saturated rings. The number of nitrogens with zero attached hydrogens (tertiary/aromatic N) is 3. The third-order valence-electron chi connectivity index (χ3n) is 6.66. The van der Waals surface area contributed by atoms with Crippen molar-refractivity contribution in [1.82, 2.24) is 14.3 Å². The molecule has 0 saturated carbocycles. The van der Waals surface area contributed by atoms with E-state index in [2.05, 4.69) is 5.32 Å². The van der Waals surface area contributed by atoms with E-state index in [1.165, 1.54) is 15.4 Å². The van der Waals surface area contributed by atoms with Crippen molar-refractivity contribution in [3.05, 3.63) is 104 Å². The number of aliphatic hydroxyl groups excluding tert-OH is 1. The van der Waals surface area contributed by atoms with Gasteiger partial charge in [-0.05, 0) is 47.9 Å². The predicted octanol–water partition coefficient (Wildman–Crippen LogP) is 4.28. The van der Waals surface area contributed by atoms with Crippen LogP contribution in [0.2, 0.25) is 0 Å². The van der Waals surface area contributed by atoms with Crippen molar-refractivity contribution >= 4 is 51.7 Å². The van der Waals surface area contributed by atoms with Crippen LogP contribution in [0.5, 0.6) is 11.5 Å². The molecule has 1 saturated heterocycles. The fraction of sp³-hybridized carbons (Fsp3) is 0.172. The second-order valence-corrected chi connectivity index (χ2v) is 11.0. The monoisotopic (exact) mass is 572 g/mol. The van der Waals surface area contributed by atoms with E-state index in [0.29, 0.717) is 26.4 Å². The van der Waals surface area contributed by atoms with Crippen LogP contribution in [0.3, 0.4) is 0 Å². The van der Waals surface area contributed by atoms with Crippen molar-refractivity contribution in [2.24, 2.45) is 0 Å². The van der Waals surface area contributed by atoms with Gasteiger partial charge in [0.15, 0.2) is 11.5 Å². The number of nitrogens with one attached hydrogen (secondary N) is 1. The van der Waals surface area contributed by atoms with Crippen LogP contribution in [-0.2, 0) is 11.3 Å². The number of anilines is 1. The molecule has 2 aliphatic heterocycles. The number of carbonyl (C=O) groups excluding carboxylic acids is 1. The number of hydrogen-bond acceptors (Lipinski definition) is 9. The minimum atomic E-state index is -0.828. The molecular weight excluding hydrogens is 548 g/mol. The Labute approximate surface area is 239 Å². The Balaban J connectivity index is 1.33. The molecule has 4 aromatic rings. The average molecular weight is 573 g/mol. The van der Waals surface area contributed by atoms with Gasteiger partial charge >= 0.3 is 0 Å². The molecule has 1 atom stereocenters. The molecule has 2 aromatic heterocycles. The Morgan fingerprint density at radius 1 is 1.12 bits per heavy atom. The van der Waals surface area contributed by atoms with Crippen LogP contribution in [0.4, 0.5) is 5.82 Å². The number of rotatable bonds is 7. The van der Waals surface area contributed by atoms with Gasteiger partial charge in [-0.3, -0.25) is 18.9 Å². The summed E-state index contributed by atoms with van der Waals surface area (Å²) in [4.78, 5) is 33.6. The Bertz CT molecular complexity index is 1740. The minimum absolute atomic E-state index is 0.115. The highest BCUT2D eigenvalue weighted by Gasteiger charge is 2.33. The maximum absolute atomic E-state index is 13.7. The molecule has 0 bridgehead atoms. The van der Waals surface area contributed by atoms with Crippen molar-refractivity contribution in [2.45, 2.75) is 19.6 Å². The lowest BCUT2D eigenvalue weighted by Gasteiger charge is -2.16. The molecule has 0 aliphatic carbocycles. The number of thiocarbonyl (C=S) groups is 1. The van der Waals surface area contributed by atoms with Crippen molar-refractivity contribution in [3.8, 4) is 11.5 Å². The van der Waals surface area contributed by atoms with Crippen molar-refractivity contribution in [3.63, 3.8) is 0 Å². The fourth-order valence-corrected chi connectivity index (χ4v) is 5.79. The lowest BCUT2D eigenvalue weighted by atomic mass is 10.1. The molecule has 6 rings (SSSR count). The highest BCUT2D eigenvalue weighted by Crippen LogP contribution is 2.36. The van der Waals surface area contributed by atoms with E-state index in [1.54, 1.807) is 18.3 Å². The summed E-state index contributed by atoms with van der Waals surface area (Å²) in [7, 11) is 0. The fourth-order valence-electron chi connectivity index (χ4n) is 4.55. The molecule has 4 heterocycles. The van der Waals surface area contributed by atoms with Crippen molar-refractivity contribution in [1.29, 1.82) is 0 Å². The number of aryl methyl sites for hydroxylation is 1. The summed E-state index contributed by atoms with van der Waals surface area (Å²) in [6.07, 6.45) is 2.34. The van der Waals surface area contributed by atoms with Crippen molar-refractivity contribution < 1.29 is 19.4 Å². The van der Waals surface area contributed by atoms with E-state index in [4.69, 9.17) is 26.7 Å². The van der Waals surface area contributed by atoms with Crippen LogP contribution in [0.15, 0.2) is 76.6 Å². The highest BCUT2D eigenvalue weighted by molar-refractivity contribution is 8.26. The van der Waals surface area contributed by atoms with E-state index in [1.807, 2.05) is 55.5 Å². The van der Waals surface area contributed by atoms with Gasteiger partial charge in [-0.2, -0.15) is 0 Å². The molecule has 1 amide bonds. The first-order valence-corrected chi connectivity index (χ1v) is 13.7. The van der Waals surface area contributed by atoms with Gasteiger partial charge in [-0.1, -0.05) is 66.4 Å². The molecule has 0 radical (unpaired) electrons. The second-order valence-electron chi connectivity index (χ2n) is 9.33. The van der Waals surface area contributed by atoms with E-state index >= 15 is 0 Å². The normalized spacial score (nSPS) is 16.2. The number of pyridine rings is 1. The summed E-state index contributed by atoms with van der Waals surface area (Å²) < 4.78 is 12.7. The second kappa shape index (κ2) is 10.8. The Kier molecular flexibility index (Phi) is 7.01. The zero-order valence-corrected chi connectivity index (χ0v) is 23.0. The molecule has 9 nitrogen and oxygen atoms in total. The van der Waals surface area contributed by atoms with Crippen LogP contribution >= 0.6 is 24.0 Å². The molecule has 0 spiro atoms. The van der Waals surface area contributed by atoms with Gasteiger partial charge in [0, 0.05) is 12.7 Å². The molecule has 40 heavy (non-hydrogen) atoms. The topological polar surface area (TPSA) is 105 Å². The van der Waals surface area contributed by atoms with Gasteiger partial charge in [0.05, 0.1) is 23.1 Å². The molecule has 0 unspecified atom stereocenters. The maximum atomic E-state index is 13.7. The number of aromatic nitrogens is 2. The minimum Gasteiger partial charge on any atom is -0.454 e. The van der Waals surface area contributed by atoms with E-state index in [-0.39, 0.29) is 42.7 Å². The van der Waals surface area contributed by atoms with Crippen LogP contribution in [0.1, 0.15) is 28.4 Å². The van der Waals surface area contributed by atoms with Crippen LogP contribution in [0, 0.1) is 6.92 Å². The zero-order valence-electron chi connectivity index (χ0n) is 21.4. The molecular formula is C29H24N4O5S2. The first kappa shape index (κ1) is 26.1. The van der Waals surface area contributed by atoms with Gasteiger partial charge < -0.3 is 19.9 Å². The number of aliphatic hydroxyl groups is 1. The number of benzene rings is 2. The smallest absolute Gasteiger partial charge is 0.267 e. The average Bonchev–Trinajstić information content (AvgIpc) is 3.54. The number of hydrogen-bond donors (Lipinski definition) is 2. The molecule has 202 valence electrons. The van der Waals surface area contributed by atoms with Gasteiger partial charge in [0.25, 0.3) is 11.5 Å². The first-order chi connectivity index (χ1) is 19.4. The summed E-state index contributed by atoms with van der Waals surface area (Å²) in [5, 5.41) is 13.9. The Morgan fingerprint density at radius 3 is 2.75 bits per heavy atom. The summed E-state index contributed by atoms with van der Waals surface area (Å²) >= 11 is 6.66. The van der Waals surface area contributed by atoms with Crippen molar-refractivity contribution in [2.75, 3.05) is 18.7 Å². The Hall–Kier alpha value is -4.19. The summed E-state index contributed by atoms with van der Waals surface area (Å²) in [6.45, 7) is 2.40. The standard InChI is InChI=1S/C29H24N4O5S2/c1-17-6-5-11-32-26(17)31-25(30-14-21(34)19-7-3-2-4-8-19)20(27(32)35)13-24-28(36)33(29(39)40-24)15-18-9-10-22-23(12-18)38-16-37-22/h2-13,21,30,34H,14-16H2,1H3/b24-13-/t21-/m0/s1. The summed E-state index contributed by atoms with van der Waals surface area (Å²) in [5.41, 5.74) is 2.72. The lowest BCUT2D eigenvalue weighted by molar-refractivity contribution is -0.122. The SMILES string of the molecule is Cc1cccn2c(=O)c(/C=C3\SC(=S)N(Cc4ccc5c(c4)OCO5)C3=O)c(NC[C@H](O)c3ccccc3)nc12. The number of thioether (sulfide) groups is 1. The van der Waals surface area contributed by atoms with E-state index in [0.717, 1.165) is 28.5 Å². The van der Waals surface area contributed by atoms with Gasteiger partial charge in [0.1, 0.15) is 15.8 Å². The number of amides is 1. The van der Waals surface area contributed by atoms with E-state index < -0.39 is 6.10 Å². The highest BCUT2D eigenvalue weighted by atomic mass is 32.2. The number of carbonyl (C=O) groups is 1. The summed E-state index contributed by atoms with van der Waals surface area (Å²) in [6, 6.07) is 18.3. The molecule has 2 aliphatic rings. The maximum Gasteiger partial charge on any atom is 0.267 e. The van der Waals surface area contributed by atoms with Gasteiger partial charge in [-0.25, -0.2) is 4.98 Å². The summed E-state index contributed by atoms with van der Waals surface area (Å²) in [5.74, 6) is 1.25. The third kappa shape index (κ3) is 4.94. The van der Waals surface area contributed by atoms with Gasteiger partial charge in [-0.15, -0.1) is 0 Å². The largest absolute Gasteiger partial charge is 0.454 e. The van der Waals surface area contributed by atoms with Crippen LogP contribution in [0.25, 0.3) is 11.7 Å². The molecule has 11 heteroatoms. The number of fused-ring (bicyclic) bond motifs is 2. The zero-order chi connectivity index (χ0) is 27.8. The van der Waals surface area contributed by atoms with E-state index in [9.17, 15) is 14.7 Å². The molecule has 2 aromatic carbocycles. The first-order valence-electron chi connectivity index (χ1n) is 12.5. The quantitative estimate of drug-likeness (QED) is 0.248. The third-order valence-corrected chi connectivity index (χ3v) is 8.04. The molecule has 2 N–H and O–H groups in total. The lowest BCUT2D eigenvalue weighted by Crippen LogP contribution is -2.27. The Morgan fingerprint density at radius 2 is 1.93 bits per heavy atom. The van der Waals surface area contributed by atoms with Gasteiger partial charge in [0.2, 0.25) is 6.79 Å².